The number of carbonyl (C=O) groups is 2. The molecule has 1 unspecified atom stereocenters. The molecule has 0 heterocycles. The summed E-state index contributed by atoms with van der Waals surface area (Å²) >= 11 is 0. The lowest BCUT2D eigenvalue weighted by molar-refractivity contribution is -0.139. The van der Waals surface area contributed by atoms with Gasteiger partial charge in [0.05, 0.1) is 0 Å². The number of hydrogen-bond acceptors (Lipinski definition) is 4. The van der Waals surface area contributed by atoms with Crippen LogP contribution in [0.25, 0.3) is 0 Å². The molecule has 1 rings (SSSR count). The average Bonchev–Trinajstić information content (AvgIpc) is 2.41. The van der Waals surface area contributed by atoms with E-state index in [9.17, 15) is 14.7 Å². The molecule has 0 fully saturated rings. The number of alkyl carbamates (subject to hydrolysis) is 1. The first-order chi connectivity index (χ1) is 11.7. The molecular formula is C19H30NO5Si. The van der Waals surface area contributed by atoms with Crippen LogP contribution in [0.3, 0.4) is 0 Å². The van der Waals surface area contributed by atoms with Gasteiger partial charge < -0.3 is 19.6 Å². The Labute approximate surface area is 157 Å². The van der Waals surface area contributed by atoms with Crippen LogP contribution in [0.4, 0.5) is 4.79 Å². The quantitative estimate of drug-likeness (QED) is 0.745. The normalized spacial score (nSPS) is 13.3. The number of carboxylic acid groups (broad SMARTS) is 1. The summed E-state index contributed by atoms with van der Waals surface area (Å²) in [5.74, 6) is -0.690. The van der Waals surface area contributed by atoms with Gasteiger partial charge in [-0.25, -0.2) is 9.59 Å². The molecule has 0 aliphatic heterocycles. The van der Waals surface area contributed by atoms with E-state index < -0.39 is 32.7 Å². The van der Waals surface area contributed by atoms with Gasteiger partial charge in [0.25, 0.3) is 9.04 Å². The number of carbonyl (C=O) groups excluding carboxylic acids is 1. The lowest BCUT2D eigenvalue weighted by Gasteiger charge is -2.26. The Morgan fingerprint density at radius 1 is 1.12 bits per heavy atom. The van der Waals surface area contributed by atoms with Crippen molar-refractivity contribution in [2.45, 2.75) is 71.7 Å². The standard InChI is InChI=1S/C19H30NO5Si/c1-18(2,3)12-9-10-13(14(11-12)25-26(7)8)15(16(21)22)20-17(23)24-19(4,5)6/h9-11,15H,1-8H3,(H,20,23)(H,21,22). The van der Waals surface area contributed by atoms with Crippen molar-refractivity contribution in [1.29, 1.82) is 0 Å². The summed E-state index contributed by atoms with van der Waals surface area (Å²) in [6, 6.07) is 4.18. The summed E-state index contributed by atoms with van der Waals surface area (Å²) in [5.41, 5.74) is 0.608. The van der Waals surface area contributed by atoms with Gasteiger partial charge in [-0.05, 0) is 50.9 Å². The van der Waals surface area contributed by atoms with E-state index >= 15 is 0 Å². The first kappa shape index (κ1) is 22.0. The minimum atomic E-state index is -1.25. The van der Waals surface area contributed by atoms with Gasteiger partial charge in [0.1, 0.15) is 11.4 Å². The maximum atomic E-state index is 12.1. The van der Waals surface area contributed by atoms with Crippen molar-refractivity contribution in [3.05, 3.63) is 29.3 Å². The van der Waals surface area contributed by atoms with Gasteiger partial charge in [0.15, 0.2) is 6.04 Å². The van der Waals surface area contributed by atoms with Gasteiger partial charge in [-0.1, -0.05) is 32.9 Å². The number of benzene rings is 1. The second kappa shape index (κ2) is 8.12. The first-order valence-electron chi connectivity index (χ1n) is 8.55. The van der Waals surface area contributed by atoms with Crippen molar-refractivity contribution in [3.63, 3.8) is 0 Å². The molecule has 0 spiro atoms. The van der Waals surface area contributed by atoms with Crippen LogP contribution in [-0.2, 0) is 14.9 Å². The van der Waals surface area contributed by atoms with Crippen LogP contribution in [-0.4, -0.2) is 31.8 Å². The number of carboxylic acids is 1. The van der Waals surface area contributed by atoms with Gasteiger partial charge >= 0.3 is 12.1 Å². The molecule has 0 saturated heterocycles. The monoisotopic (exact) mass is 380 g/mol. The second-order valence-electron chi connectivity index (χ2n) is 8.43. The largest absolute Gasteiger partial charge is 0.542 e. The Morgan fingerprint density at radius 3 is 2.12 bits per heavy atom. The highest BCUT2D eigenvalue weighted by Gasteiger charge is 2.29. The molecule has 1 radical (unpaired) electrons. The van der Waals surface area contributed by atoms with Gasteiger partial charge in [-0.15, -0.1) is 0 Å². The number of amides is 1. The maximum Gasteiger partial charge on any atom is 0.408 e. The summed E-state index contributed by atoms with van der Waals surface area (Å²) in [7, 11) is -1.12. The van der Waals surface area contributed by atoms with Crippen LogP contribution in [0.5, 0.6) is 5.75 Å². The minimum Gasteiger partial charge on any atom is -0.542 e. The van der Waals surface area contributed by atoms with Crippen LogP contribution in [0.1, 0.15) is 58.7 Å². The van der Waals surface area contributed by atoms with Crippen LogP contribution < -0.4 is 9.74 Å². The zero-order valence-electron chi connectivity index (χ0n) is 16.9. The number of nitrogens with one attached hydrogen (secondary N) is 1. The molecule has 145 valence electrons. The highest BCUT2D eigenvalue weighted by molar-refractivity contribution is 6.49. The third kappa shape index (κ3) is 6.71. The number of aliphatic carboxylic acids is 1. The van der Waals surface area contributed by atoms with Crippen LogP contribution >= 0.6 is 0 Å². The topological polar surface area (TPSA) is 84.9 Å². The number of ether oxygens (including phenoxy) is 1. The Balaban J connectivity index is 3.28. The molecule has 1 amide bonds. The molecular weight excluding hydrogens is 350 g/mol. The molecule has 1 atom stereocenters. The fourth-order valence-corrected chi connectivity index (χ4v) is 2.86. The van der Waals surface area contributed by atoms with Crippen molar-refractivity contribution < 1.29 is 23.9 Å². The lowest BCUT2D eigenvalue weighted by Crippen LogP contribution is -2.38. The van der Waals surface area contributed by atoms with Gasteiger partial charge in [0.2, 0.25) is 0 Å². The van der Waals surface area contributed by atoms with Gasteiger partial charge in [-0.3, -0.25) is 0 Å². The third-order valence-corrected chi connectivity index (χ3v) is 4.04. The number of rotatable bonds is 5. The van der Waals surface area contributed by atoms with Crippen molar-refractivity contribution in [1.82, 2.24) is 5.32 Å². The first-order valence-corrected chi connectivity index (χ1v) is 11.0. The van der Waals surface area contributed by atoms with Crippen LogP contribution in [0.15, 0.2) is 18.2 Å². The predicted molar refractivity (Wildman–Crippen MR) is 103 cm³/mol. The van der Waals surface area contributed by atoms with Crippen LogP contribution in [0, 0.1) is 0 Å². The van der Waals surface area contributed by atoms with Crippen LogP contribution in [0.2, 0.25) is 13.1 Å². The Bertz CT molecular complexity index is 659. The molecule has 6 nitrogen and oxygen atoms in total. The van der Waals surface area contributed by atoms with E-state index in [1.807, 2.05) is 25.2 Å². The Morgan fingerprint density at radius 2 is 1.69 bits per heavy atom. The predicted octanol–water partition coefficient (Wildman–Crippen LogP) is 4.26. The van der Waals surface area contributed by atoms with E-state index in [0.29, 0.717) is 11.3 Å². The van der Waals surface area contributed by atoms with E-state index in [-0.39, 0.29) is 5.41 Å². The van der Waals surface area contributed by atoms with Gasteiger partial charge in [-0.2, -0.15) is 0 Å². The van der Waals surface area contributed by atoms with Crippen molar-refractivity contribution in [3.8, 4) is 5.75 Å². The second-order valence-corrected chi connectivity index (χ2v) is 10.5. The zero-order chi connectivity index (χ0) is 20.3. The molecule has 7 heteroatoms. The highest BCUT2D eigenvalue weighted by Crippen LogP contribution is 2.32. The maximum absolute atomic E-state index is 12.1. The summed E-state index contributed by atoms with van der Waals surface area (Å²) in [6.07, 6.45) is -0.783. The molecule has 0 aliphatic rings. The summed E-state index contributed by atoms with van der Waals surface area (Å²) in [6.45, 7) is 15.3. The Hall–Kier alpha value is -2.02. The molecule has 1 aromatic carbocycles. The van der Waals surface area contributed by atoms with E-state index in [2.05, 4.69) is 26.1 Å². The van der Waals surface area contributed by atoms with Gasteiger partial charge in [0, 0.05) is 5.56 Å². The van der Waals surface area contributed by atoms with E-state index in [0.717, 1.165) is 5.56 Å². The minimum absolute atomic E-state index is 0.109. The SMILES string of the molecule is C[Si](C)Oc1cc(C(C)(C)C)ccc1C(NC(=O)OC(C)(C)C)C(=O)O. The number of hydrogen-bond donors (Lipinski definition) is 2. The zero-order valence-corrected chi connectivity index (χ0v) is 17.9. The third-order valence-electron chi connectivity index (χ3n) is 3.41. The average molecular weight is 381 g/mol. The molecule has 26 heavy (non-hydrogen) atoms. The van der Waals surface area contributed by atoms with E-state index in [1.165, 1.54) is 0 Å². The molecule has 1 aromatic rings. The Kier molecular flexibility index (Phi) is 6.87. The fourth-order valence-electron chi connectivity index (χ4n) is 2.25. The summed E-state index contributed by atoms with van der Waals surface area (Å²) < 4.78 is 11.1. The van der Waals surface area contributed by atoms with Crippen molar-refractivity contribution >= 4 is 21.1 Å². The smallest absolute Gasteiger partial charge is 0.408 e. The molecule has 0 aromatic heterocycles. The summed E-state index contributed by atoms with van der Waals surface area (Å²) in [4.78, 5) is 23.9. The van der Waals surface area contributed by atoms with E-state index in [4.69, 9.17) is 9.16 Å². The lowest BCUT2D eigenvalue weighted by atomic mass is 9.86. The molecule has 0 bridgehead atoms. The van der Waals surface area contributed by atoms with Crippen molar-refractivity contribution in [2.24, 2.45) is 0 Å². The van der Waals surface area contributed by atoms with Crippen molar-refractivity contribution in [2.75, 3.05) is 0 Å². The molecule has 2 N–H and O–H groups in total. The summed E-state index contributed by atoms with van der Waals surface area (Å²) in [5, 5.41) is 12.1. The molecule has 0 saturated carbocycles. The fraction of sp³-hybridized carbons (Fsp3) is 0.579. The van der Waals surface area contributed by atoms with E-state index in [1.54, 1.807) is 26.8 Å². The molecule has 0 aliphatic carbocycles. The highest BCUT2D eigenvalue weighted by atomic mass is 28.3.